The zero-order valence-corrected chi connectivity index (χ0v) is 12.2. The summed E-state index contributed by atoms with van der Waals surface area (Å²) in [4.78, 5) is 13.0. The van der Waals surface area contributed by atoms with Crippen LogP contribution in [0.2, 0.25) is 5.02 Å². The zero-order chi connectivity index (χ0) is 15.6. The van der Waals surface area contributed by atoms with Crippen LogP contribution in [0.15, 0.2) is 11.0 Å². The molecule has 1 atom stereocenters. The van der Waals surface area contributed by atoms with E-state index in [0.717, 1.165) is 4.68 Å². The molecule has 1 aromatic heterocycles. The lowest BCUT2D eigenvalue weighted by atomic mass is 10.1. The summed E-state index contributed by atoms with van der Waals surface area (Å²) in [5.74, 6) is 0.0903. The van der Waals surface area contributed by atoms with E-state index in [1.165, 1.54) is 18.1 Å². The Morgan fingerprint density at radius 3 is 2.90 bits per heavy atom. The Morgan fingerprint density at radius 1 is 1.52 bits per heavy atom. The lowest BCUT2D eigenvalue weighted by molar-refractivity contribution is -0.143. The van der Waals surface area contributed by atoms with Gasteiger partial charge in [-0.25, -0.2) is 4.68 Å². The fraction of sp³-hybridized carbons (Fsp3) is 0.667. The maximum atomic E-state index is 12.3. The van der Waals surface area contributed by atoms with Gasteiger partial charge in [-0.05, 0) is 18.9 Å². The van der Waals surface area contributed by atoms with E-state index >= 15 is 0 Å². The molecule has 0 amide bonds. The number of hydrogen-bond donors (Lipinski definition) is 1. The normalized spacial score (nSPS) is 20.0. The van der Waals surface area contributed by atoms with Gasteiger partial charge in [0.2, 0.25) is 0 Å². The predicted octanol–water partition coefficient (Wildman–Crippen LogP) is 1.73. The van der Waals surface area contributed by atoms with E-state index in [1.807, 2.05) is 0 Å². The van der Waals surface area contributed by atoms with Gasteiger partial charge in [0.15, 0.2) is 0 Å². The summed E-state index contributed by atoms with van der Waals surface area (Å²) in [6.07, 6.45) is -2.05. The number of alkyl halides is 3. The largest absolute Gasteiger partial charge is 0.401 e. The number of anilines is 1. The van der Waals surface area contributed by atoms with Gasteiger partial charge in [0.05, 0.1) is 18.4 Å². The van der Waals surface area contributed by atoms with Crippen LogP contribution in [0, 0.1) is 5.92 Å². The second kappa shape index (κ2) is 6.23. The Bertz CT molecular complexity index is 560. The molecule has 0 aliphatic carbocycles. The number of aromatic nitrogens is 2. The minimum absolute atomic E-state index is 0.0395. The van der Waals surface area contributed by atoms with Crippen LogP contribution in [0.5, 0.6) is 0 Å². The third kappa shape index (κ3) is 4.34. The van der Waals surface area contributed by atoms with Gasteiger partial charge in [-0.1, -0.05) is 11.6 Å². The van der Waals surface area contributed by atoms with Crippen molar-refractivity contribution < 1.29 is 13.2 Å². The fourth-order valence-corrected chi connectivity index (χ4v) is 2.60. The molecule has 118 valence electrons. The number of aryl methyl sites for hydroxylation is 1. The average molecular weight is 325 g/mol. The van der Waals surface area contributed by atoms with E-state index in [0.29, 0.717) is 31.7 Å². The van der Waals surface area contributed by atoms with Crippen molar-refractivity contribution in [2.75, 3.05) is 31.5 Å². The van der Waals surface area contributed by atoms with Gasteiger partial charge in [-0.15, -0.1) is 0 Å². The molecule has 5 nitrogen and oxygen atoms in total. The monoisotopic (exact) mass is 324 g/mol. The summed E-state index contributed by atoms with van der Waals surface area (Å²) in [5, 5.41) is 6.88. The van der Waals surface area contributed by atoms with E-state index in [-0.39, 0.29) is 10.9 Å². The highest BCUT2D eigenvalue weighted by atomic mass is 35.5. The molecule has 1 aliphatic heterocycles. The van der Waals surface area contributed by atoms with Crippen LogP contribution in [0.25, 0.3) is 0 Å². The number of likely N-dealkylation sites (tertiary alicyclic amines) is 1. The Balaban J connectivity index is 1.88. The van der Waals surface area contributed by atoms with Crippen molar-refractivity contribution in [1.82, 2.24) is 14.7 Å². The van der Waals surface area contributed by atoms with Crippen LogP contribution >= 0.6 is 11.6 Å². The molecule has 0 aromatic carbocycles. The molecule has 2 rings (SSSR count). The van der Waals surface area contributed by atoms with Crippen molar-refractivity contribution in [2.24, 2.45) is 13.0 Å². The van der Waals surface area contributed by atoms with Gasteiger partial charge in [0.25, 0.3) is 5.56 Å². The van der Waals surface area contributed by atoms with Crippen LogP contribution in [-0.2, 0) is 7.05 Å². The van der Waals surface area contributed by atoms with Gasteiger partial charge >= 0.3 is 6.18 Å². The van der Waals surface area contributed by atoms with Crippen LogP contribution in [0.1, 0.15) is 6.42 Å². The van der Waals surface area contributed by atoms with E-state index in [2.05, 4.69) is 10.4 Å². The second-order valence-corrected chi connectivity index (χ2v) is 5.56. The van der Waals surface area contributed by atoms with E-state index in [1.54, 1.807) is 0 Å². The average Bonchev–Trinajstić information content (AvgIpc) is 2.80. The number of nitrogens with one attached hydrogen (secondary N) is 1. The van der Waals surface area contributed by atoms with Crippen molar-refractivity contribution in [3.05, 3.63) is 21.6 Å². The second-order valence-electron chi connectivity index (χ2n) is 5.19. The maximum absolute atomic E-state index is 12.3. The molecular weight excluding hydrogens is 309 g/mol. The predicted molar refractivity (Wildman–Crippen MR) is 73.6 cm³/mol. The Morgan fingerprint density at radius 2 is 2.24 bits per heavy atom. The SMILES string of the molecule is Cn1ncc(NCC2CCN(CC(F)(F)F)C2)c(Cl)c1=O. The first-order valence-corrected chi connectivity index (χ1v) is 6.89. The van der Waals surface area contributed by atoms with Crippen molar-refractivity contribution in [2.45, 2.75) is 12.6 Å². The molecule has 1 aliphatic rings. The summed E-state index contributed by atoms with van der Waals surface area (Å²) >= 11 is 5.90. The van der Waals surface area contributed by atoms with Crippen LogP contribution in [-0.4, -0.2) is 47.0 Å². The minimum Gasteiger partial charge on any atom is -0.382 e. The molecule has 0 radical (unpaired) electrons. The van der Waals surface area contributed by atoms with Gasteiger partial charge in [0.1, 0.15) is 5.02 Å². The van der Waals surface area contributed by atoms with Gasteiger partial charge in [-0.2, -0.15) is 18.3 Å². The first-order valence-electron chi connectivity index (χ1n) is 6.51. The van der Waals surface area contributed by atoms with Gasteiger partial charge in [-0.3, -0.25) is 9.69 Å². The molecule has 1 saturated heterocycles. The quantitative estimate of drug-likeness (QED) is 0.916. The van der Waals surface area contributed by atoms with Crippen molar-refractivity contribution in [1.29, 1.82) is 0 Å². The maximum Gasteiger partial charge on any atom is 0.401 e. The summed E-state index contributed by atoms with van der Waals surface area (Å²) in [5.41, 5.74) is 0.000764. The molecule has 0 saturated carbocycles. The molecule has 1 aromatic rings. The summed E-state index contributed by atoms with van der Waals surface area (Å²) in [7, 11) is 1.49. The van der Waals surface area contributed by atoms with Crippen LogP contribution in [0.3, 0.4) is 0 Å². The first kappa shape index (κ1) is 16.1. The molecular formula is C12H16ClF3N4O. The molecule has 21 heavy (non-hydrogen) atoms. The molecule has 1 N–H and O–H groups in total. The lowest BCUT2D eigenvalue weighted by Gasteiger charge is -2.18. The summed E-state index contributed by atoms with van der Waals surface area (Å²) < 4.78 is 38.0. The smallest absolute Gasteiger partial charge is 0.382 e. The molecule has 0 bridgehead atoms. The van der Waals surface area contributed by atoms with Crippen LogP contribution < -0.4 is 10.9 Å². The first-order chi connectivity index (χ1) is 9.76. The Labute approximate surface area is 124 Å². The van der Waals surface area contributed by atoms with E-state index in [4.69, 9.17) is 11.6 Å². The molecule has 9 heteroatoms. The number of halogens is 4. The van der Waals surface area contributed by atoms with E-state index in [9.17, 15) is 18.0 Å². The highest BCUT2D eigenvalue weighted by Crippen LogP contribution is 2.23. The van der Waals surface area contributed by atoms with Crippen molar-refractivity contribution in [3.63, 3.8) is 0 Å². The van der Waals surface area contributed by atoms with Crippen molar-refractivity contribution in [3.8, 4) is 0 Å². The zero-order valence-electron chi connectivity index (χ0n) is 11.5. The molecule has 2 heterocycles. The highest BCUT2D eigenvalue weighted by molar-refractivity contribution is 6.32. The third-order valence-corrected chi connectivity index (χ3v) is 3.80. The standard InChI is InChI=1S/C12H16ClF3N4O/c1-19-11(21)10(13)9(5-18-19)17-4-8-2-3-20(6-8)7-12(14,15)16/h5,8,17H,2-4,6-7H2,1H3. The summed E-state index contributed by atoms with van der Waals surface area (Å²) in [6, 6.07) is 0. The third-order valence-electron chi connectivity index (χ3n) is 3.43. The fourth-order valence-electron chi connectivity index (χ4n) is 2.36. The van der Waals surface area contributed by atoms with Gasteiger partial charge in [0, 0.05) is 20.1 Å². The Kier molecular flexibility index (Phi) is 4.77. The van der Waals surface area contributed by atoms with Crippen LogP contribution in [0.4, 0.5) is 18.9 Å². The van der Waals surface area contributed by atoms with Gasteiger partial charge < -0.3 is 5.32 Å². The molecule has 1 fully saturated rings. The topological polar surface area (TPSA) is 50.2 Å². The number of nitrogens with zero attached hydrogens (tertiary/aromatic N) is 3. The summed E-state index contributed by atoms with van der Waals surface area (Å²) in [6.45, 7) is 0.386. The number of hydrogen-bond acceptors (Lipinski definition) is 4. The molecule has 0 spiro atoms. The van der Waals surface area contributed by atoms with Crippen molar-refractivity contribution >= 4 is 17.3 Å². The number of rotatable bonds is 4. The minimum atomic E-state index is -4.17. The highest BCUT2D eigenvalue weighted by Gasteiger charge is 2.34. The Hall–Kier alpha value is -1.28. The van der Waals surface area contributed by atoms with E-state index < -0.39 is 18.3 Å². The molecule has 1 unspecified atom stereocenters. The lowest BCUT2D eigenvalue weighted by Crippen LogP contribution is -2.33.